The second-order valence-corrected chi connectivity index (χ2v) is 9.02. The van der Waals surface area contributed by atoms with Crippen LogP contribution in [0.3, 0.4) is 0 Å². The monoisotopic (exact) mass is 450 g/mol. The van der Waals surface area contributed by atoms with E-state index in [-0.39, 0.29) is 23.3 Å². The maximum absolute atomic E-state index is 13.5. The number of phenols is 1. The lowest BCUT2D eigenvalue weighted by Gasteiger charge is -2.50. The summed E-state index contributed by atoms with van der Waals surface area (Å²) < 4.78 is 0. The quantitative estimate of drug-likeness (QED) is 0.426. The number of hydrogen-bond acceptors (Lipinski definition) is 8. The fourth-order valence-electron chi connectivity index (χ4n) is 5.81. The summed E-state index contributed by atoms with van der Waals surface area (Å²) in [5, 5.41) is 45.4. The third kappa shape index (κ3) is 2.46. The smallest absolute Gasteiger partial charge is 0.255 e. The van der Waals surface area contributed by atoms with Crippen molar-refractivity contribution < 1.29 is 34.8 Å². The van der Waals surface area contributed by atoms with E-state index in [9.17, 15) is 34.8 Å². The number of phenolic OH excluding ortho intramolecular Hbond substituents is 1. The van der Waals surface area contributed by atoms with Crippen molar-refractivity contribution in [1.82, 2.24) is 4.90 Å². The molecule has 0 radical (unpaired) electrons. The number of amides is 1. The van der Waals surface area contributed by atoms with E-state index in [4.69, 9.17) is 5.73 Å². The van der Waals surface area contributed by atoms with Crippen LogP contribution in [-0.4, -0.2) is 68.5 Å². The number of benzene rings is 2. The molecule has 0 bridgehead atoms. The first kappa shape index (κ1) is 21.2. The molecule has 0 saturated carbocycles. The number of rotatable bonds is 2. The first-order chi connectivity index (χ1) is 15.5. The summed E-state index contributed by atoms with van der Waals surface area (Å²) in [5.74, 6) is -6.77. The summed E-state index contributed by atoms with van der Waals surface area (Å²) in [4.78, 5) is 40.3. The third-order valence-corrected chi connectivity index (χ3v) is 7.19. The Morgan fingerprint density at radius 1 is 1.12 bits per heavy atom. The Balaban J connectivity index is 1.84. The van der Waals surface area contributed by atoms with Gasteiger partial charge >= 0.3 is 0 Å². The summed E-state index contributed by atoms with van der Waals surface area (Å²) >= 11 is 0. The SMILES string of the molecule is CN(C)[C@@H]1C(O)=C(C(N)=O)C(=O)[C@@]2(O)C(O)=C3C(=O)c4c(O)ccc5cccc(c45)[C@H]3C[C@@H]12. The van der Waals surface area contributed by atoms with Gasteiger partial charge in [-0.3, -0.25) is 19.3 Å². The molecule has 9 heteroatoms. The van der Waals surface area contributed by atoms with Gasteiger partial charge in [-0.25, -0.2) is 0 Å². The first-order valence-electron chi connectivity index (χ1n) is 10.4. The third-order valence-electron chi connectivity index (χ3n) is 7.19. The van der Waals surface area contributed by atoms with Gasteiger partial charge in [0.05, 0.1) is 11.6 Å². The molecular formula is C24H22N2O7. The highest BCUT2D eigenvalue weighted by molar-refractivity contribution is 6.26. The second kappa shape index (κ2) is 6.66. The molecule has 2 aromatic carbocycles. The van der Waals surface area contributed by atoms with Crippen molar-refractivity contribution in [3.63, 3.8) is 0 Å². The number of hydrogen-bond donors (Lipinski definition) is 5. The molecule has 1 amide bonds. The molecular weight excluding hydrogens is 428 g/mol. The highest BCUT2D eigenvalue weighted by atomic mass is 16.3. The number of aliphatic hydroxyl groups is 3. The number of nitrogens with two attached hydrogens (primary N) is 1. The summed E-state index contributed by atoms with van der Waals surface area (Å²) in [6, 6.07) is 7.36. The Morgan fingerprint density at radius 2 is 1.82 bits per heavy atom. The zero-order chi connectivity index (χ0) is 24.0. The molecule has 0 spiro atoms. The van der Waals surface area contributed by atoms with Crippen LogP contribution in [0.5, 0.6) is 5.75 Å². The Bertz CT molecular complexity index is 1360. The number of primary amides is 1. The van der Waals surface area contributed by atoms with Crippen molar-refractivity contribution in [1.29, 1.82) is 0 Å². The topological polar surface area (TPSA) is 161 Å². The summed E-state index contributed by atoms with van der Waals surface area (Å²) in [6.07, 6.45) is 0.0144. The van der Waals surface area contributed by atoms with E-state index in [1.165, 1.54) is 11.0 Å². The van der Waals surface area contributed by atoms with E-state index < -0.39 is 58.0 Å². The Kier molecular flexibility index (Phi) is 4.27. The lowest BCUT2D eigenvalue weighted by Crippen LogP contribution is -2.63. The van der Waals surface area contributed by atoms with Crippen LogP contribution in [0.1, 0.15) is 28.3 Å². The van der Waals surface area contributed by atoms with E-state index in [2.05, 4.69) is 0 Å². The van der Waals surface area contributed by atoms with Crippen molar-refractivity contribution in [3.05, 3.63) is 64.1 Å². The molecule has 4 atom stereocenters. The molecule has 33 heavy (non-hydrogen) atoms. The van der Waals surface area contributed by atoms with Gasteiger partial charge in [0.15, 0.2) is 11.4 Å². The van der Waals surface area contributed by atoms with Crippen LogP contribution >= 0.6 is 0 Å². The van der Waals surface area contributed by atoms with Gasteiger partial charge in [-0.05, 0) is 37.5 Å². The van der Waals surface area contributed by atoms with Gasteiger partial charge in [-0.1, -0.05) is 24.3 Å². The average Bonchev–Trinajstić information content (AvgIpc) is 2.74. The van der Waals surface area contributed by atoms with E-state index >= 15 is 0 Å². The zero-order valence-corrected chi connectivity index (χ0v) is 17.9. The van der Waals surface area contributed by atoms with Crippen molar-refractivity contribution in [2.24, 2.45) is 11.7 Å². The number of carbonyl (C=O) groups is 3. The van der Waals surface area contributed by atoms with E-state index in [0.29, 0.717) is 10.9 Å². The van der Waals surface area contributed by atoms with Crippen LogP contribution in [0.25, 0.3) is 10.8 Å². The number of allylic oxidation sites excluding steroid dienone is 1. The Morgan fingerprint density at radius 3 is 2.45 bits per heavy atom. The predicted molar refractivity (Wildman–Crippen MR) is 117 cm³/mol. The van der Waals surface area contributed by atoms with E-state index in [0.717, 1.165) is 5.39 Å². The van der Waals surface area contributed by atoms with Crippen molar-refractivity contribution in [2.75, 3.05) is 14.1 Å². The maximum atomic E-state index is 13.5. The molecule has 0 heterocycles. The molecule has 3 aliphatic carbocycles. The molecule has 6 N–H and O–H groups in total. The van der Waals surface area contributed by atoms with Gasteiger partial charge in [0.25, 0.3) is 5.91 Å². The van der Waals surface area contributed by atoms with E-state index in [1.54, 1.807) is 38.4 Å². The van der Waals surface area contributed by atoms with Gasteiger partial charge in [0, 0.05) is 22.8 Å². The van der Waals surface area contributed by atoms with E-state index in [1.807, 2.05) is 0 Å². The Labute approximate surface area is 188 Å². The molecule has 0 aromatic heterocycles. The maximum Gasteiger partial charge on any atom is 0.255 e. The summed E-state index contributed by atoms with van der Waals surface area (Å²) in [7, 11) is 3.18. The van der Waals surface area contributed by atoms with Crippen molar-refractivity contribution >= 4 is 28.2 Å². The number of aromatic hydroxyl groups is 1. The minimum absolute atomic E-state index is 0.0144. The number of nitrogens with zero attached hydrogens (tertiary/aromatic N) is 1. The molecule has 5 rings (SSSR count). The fraction of sp³-hybridized carbons (Fsp3) is 0.292. The van der Waals surface area contributed by atoms with Crippen LogP contribution in [-0.2, 0) is 9.59 Å². The molecule has 9 nitrogen and oxygen atoms in total. The summed E-state index contributed by atoms with van der Waals surface area (Å²) in [5.41, 5.74) is 2.27. The van der Waals surface area contributed by atoms with Gasteiger partial charge < -0.3 is 26.2 Å². The minimum Gasteiger partial charge on any atom is -0.510 e. The normalized spacial score (nSPS) is 28.9. The minimum atomic E-state index is -2.65. The standard InChI is InChI=1S/C24H22N2O7/c1-26(2)18-12-8-11-10-5-3-4-9-6-7-13(27)16(14(9)10)19(28)15(11)21(30)24(12,33)22(31)17(20(18)29)23(25)32/h3-7,11-12,18,27,29-30,33H,8H2,1-2H3,(H2,25,32)/t11-,12+,18+,24+/m1/s1. The molecule has 0 aliphatic heterocycles. The van der Waals surface area contributed by atoms with Gasteiger partial charge in [0.1, 0.15) is 22.8 Å². The molecule has 2 aromatic rings. The molecule has 170 valence electrons. The zero-order valence-electron chi connectivity index (χ0n) is 17.9. The van der Waals surface area contributed by atoms with Gasteiger partial charge in [-0.2, -0.15) is 0 Å². The van der Waals surface area contributed by atoms with Crippen LogP contribution < -0.4 is 5.73 Å². The summed E-state index contributed by atoms with van der Waals surface area (Å²) in [6.45, 7) is 0. The lowest BCUT2D eigenvalue weighted by molar-refractivity contribution is -0.147. The number of Topliss-reactive ketones (excluding diaryl/α,β-unsaturated/α-hetero) is 2. The largest absolute Gasteiger partial charge is 0.510 e. The second-order valence-electron chi connectivity index (χ2n) is 9.02. The van der Waals surface area contributed by atoms with Crippen LogP contribution in [0.2, 0.25) is 0 Å². The van der Waals surface area contributed by atoms with Crippen LogP contribution in [0.15, 0.2) is 53.0 Å². The highest BCUT2D eigenvalue weighted by Crippen LogP contribution is 2.55. The highest BCUT2D eigenvalue weighted by Gasteiger charge is 2.63. The van der Waals surface area contributed by atoms with Gasteiger partial charge in [0.2, 0.25) is 5.78 Å². The van der Waals surface area contributed by atoms with Crippen molar-refractivity contribution in [3.8, 4) is 5.75 Å². The number of fused-ring (bicyclic) bond motifs is 3. The number of ketones is 2. The van der Waals surface area contributed by atoms with Crippen molar-refractivity contribution in [2.45, 2.75) is 24.0 Å². The number of carbonyl (C=O) groups excluding carboxylic acids is 3. The molecule has 0 fully saturated rings. The first-order valence-corrected chi connectivity index (χ1v) is 10.4. The molecule has 0 saturated heterocycles. The van der Waals surface area contributed by atoms with Gasteiger partial charge in [-0.15, -0.1) is 0 Å². The lowest BCUT2D eigenvalue weighted by atomic mass is 9.58. The fourth-order valence-corrected chi connectivity index (χ4v) is 5.81. The molecule has 3 aliphatic rings. The van der Waals surface area contributed by atoms with Crippen LogP contribution in [0, 0.1) is 5.92 Å². The number of likely N-dealkylation sites (N-methyl/N-ethyl adjacent to an activating group) is 1. The van der Waals surface area contributed by atoms with Crippen LogP contribution in [0.4, 0.5) is 0 Å². The number of aliphatic hydroxyl groups excluding tert-OH is 2. The predicted octanol–water partition coefficient (Wildman–Crippen LogP) is 1.20. The molecule has 0 unspecified atom stereocenters. The average molecular weight is 450 g/mol. The Hall–Kier alpha value is -3.69.